The lowest BCUT2D eigenvalue weighted by Gasteiger charge is -2.19. The Hall–Kier alpha value is -2.04. The molecule has 2 amide bonds. The van der Waals surface area contributed by atoms with E-state index in [1.165, 1.54) is 5.56 Å². The predicted molar refractivity (Wildman–Crippen MR) is 91.2 cm³/mol. The highest BCUT2D eigenvalue weighted by atomic mass is 16.6. The molecule has 0 aromatic heterocycles. The van der Waals surface area contributed by atoms with Gasteiger partial charge < -0.3 is 15.4 Å². The standard InChI is InChI=1S/C18H28N2O3/c1-18(2,3)23-17(22)20-14-8-12-16(21)19-13-7-11-15-9-5-4-6-10-15/h4-6,9-10H,7-8,11-14H2,1-3H3,(H,19,21)(H,20,22). The van der Waals surface area contributed by atoms with Gasteiger partial charge in [-0.2, -0.15) is 0 Å². The van der Waals surface area contributed by atoms with Crippen LogP contribution in [0.5, 0.6) is 0 Å². The molecule has 0 bridgehead atoms. The molecule has 0 saturated heterocycles. The number of carbonyl (C=O) groups excluding carboxylic acids is 2. The number of nitrogens with one attached hydrogen (secondary N) is 2. The lowest BCUT2D eigenvalue weighted by molar-refractivity contribution is -0.121. The number of ether oxygens (including phenoxy) is 1. The lowest BCUT2D eigenvalue weighted by Crippen LogP contribution is -2.33. The van der Waals surface area contributed by atoms with Gasteiger partial charge in [-0.15, -0.1) is 0 Å². The second kappa shape index (κ2) is 9.87. The van der Waals surface area contributed by atoms with Crippen molar-refractivity contribution in [1.29, 1.82) is 0 Å². The SMILES string of the molecule is CC(C)(C)OC(=O)NCCCC(=O)NCCCc1ccccc1. The minimum Gasteiger partial charge on any atom is -0.444 e. The lowest BCUT2D eigenvalue weighted by atomic mass is 10.1. The van der Waals surface area contributed by atoms with Crippen LogP contribution in [0.4, 0.5) is 4.79 Å². The molecule has 0 aliphatic heterocycles. The van der Waals surface area contributed by atoms with Crippen LogP contribution < -0.4 is 10.6 Å². The largest absolute Gasteiger partial charge is 0.444 e. The van der Waals surface area contributed by atoms with E-state index in [0.29, 0.717) is 25.9 Å². The summed E-state index contributed by atoms with van der Waals surface area (Å²) in [6.45, 7) is 6.56. The van der Waals surface area contributed by atoms with Crippen LogP contribution in [0.25, 0.3) is 0 Å². The maximum atomic E-state index is 11.7. The molecular formula is C18H28N2O3. The summed E-state index contributed by atoms with van der Waals surface area (Å²) in [7, 11) is 0. The molecule has 128 valence electrons. The second-order valence-corrected chi connectivity index (χ2v) is 6.47. The van der Waals surface area contributed by atoms with Gasteiger partial charge in [0.15, 0.2) is 0 Å². The Balaban J connectivity index is 2.01. The number of rotatable bonds is 8. The van der Waals surface area contributed by atoms with E-state index in [1.807, 2.05) is 39.0 Å². The van der Waals surface area contributed by atoms with Crippen LogP contribution in [0.2, 0.25) is 0 Å². The van der Waals surface area contributed by atoms with Crippen LogP contribution in [0.15, 0.2) is 30.3 Å². The smallest absolute Gasteiger partial charge is 0.407 e. The Morgan fingerprint density at radius 1 is 1.00 bits per heavy atom. The molecule has 23 heavy (non-hydrogen) atoms. The first-order chi connectivity index (χ1) is 10.9. The topological polar surface area (TPSA) is 67.4 Å². The van der Waals surface area contributed by atoms with E-state index in [2.05, 4.69) is 22.8 Å². The van der Waals surface area contributed by atoms with Gasteiger partial charge >= 0.3 is 6.09 Å². The number of hydrogen-bond acceptors (Lipinski definition) is 3. The van der Waals surface area contributed by atoms with Crippen molar-refractivity contribution in [2.75, 3.05) is 13.1 Å². The van der Waals surface area contributed by atoms with Crippen molar-refractivity contribution in [2.24, 2.45) is 0 Å². The van der Waals surface area contributed by atoms with Gasteiger partial charge in [0.1, 0.15) is 5.60 Å². The van der Waals surface area contributed by atoms with E-state index in [0.717, 1.165) is 12.8 Å². The second-order valence-electron chi connectivity index (χ2n) is 6.47. The number of alkyl carbamates (subject to hydrolysis) is 1. The molecule has 0 saturated carbocycles. The monoisotopic (exact) mass is 320 g/mol. The van der Waals surface area contributed by atoms with Crippen molar-refractivity contribution in [2.45, 2.75) is 52.1 Å². The predicted octanol–water partition coefficient (Wildman–Crippen LogP) is 3.04. The molecule has 0 unspecified atom stereocenters. The fourth-order valence-electron chi connectivity index (χ4n) is 2.01. The Morgan fingerprint density at radius 3 is 2.30 bits per heavy atom. The van der Waals surface area contributed by atoms with E-state index in [1.54, 1.807) is 0 Å². The summed E-state index contributed by atoms with van der Waals surface area (Å²) in [5, 5.41) is 5.54. The zero-order chi connectivity index (χ0) is 17.1. The summed E-state index contributed by atoms with van der Waals surface area (Å²) in [6.07, 6.45) is 2.44. The maximum absolute atomic E-state index is 11.7. The average Bonchev–Trinajstić information content (AvgIpc) is 2.47. The first kappa shape index (κ1) is 19.0. The number of benzene rings is 1. The molecule has 2 N–H and O–H groups in total. The summed E-state index contributed by atoms with van der Waals surface area (Å²) in [6, 6.07) is 10.2. The van der Waals surface area contributed by atoms with Crippen molar-refractivity contribution in [3.05, 3.63) is 35.9 Å². The van der Waals surface area contributed by atoms with Crippen LogP contribution in [-0.2, 0) is 16.0 Å². The van der Waals surface area contributed by atoms with E-state index in [9.17, 15) is 9.59 Å². The van der Waals surface area contributed by atoms with Crippen LogP contribution in [0.1, 0.15) is 45.6 Å². The number of aryl methyl sites for hydroxylation is 1. The van der Waals surface area contributed by atoms with Crippen LogP contribution in [0.3, 0.4) is 0 Å². The van der Waals surface area contributed by atoms with Gasteiger partial charge in [0.25, 0.3) is 0 Å². The first-order valence-electron chi connectivity index (χ1n) is 8.14. The number of amides is 2. The van der Waals surface area contributed by atoms with Gasteiger partial charge in [0.2, 0.25) is 5.91 Å². The molecule has 0 spiro atoms. The zero-order valence-electron chi connectivity index (χ0n) is 14.4. The summed E-state index contributed by atoms with van der Waals surface area (Å²) < 4.78 is 5.12. The third kappa shape index (κ3) is 10.3. The van der Waals surface area contributed by atoms with Gasteiger partial charge in [0, 0.05) is 19.5 Å². The van der Waals surface area contributed by atoms with E-state index >= 15 is 0 Å². The molecule has 1 aromatic carbocycles. The first-order valence-corrected chi connectivity index (χ1v) is 8.14. The molecule has 0 fully saturated rings. The molecule has 0 aliphatic carbocycles. The summed E-state index contributed by atoms with van der Waals surface area (Å²) >= 11 is 0. The van der Waals surface area contributed by atoms with Gasteiger partial charge in [-0.25, -0.2) is 4.79 Å². The van der Waals surface area contributed by atoms with Crippen LogP contribution in [-0.4, -0.2) is 30.7 Å². The van der Waals surface area contributed by atoms with Crippen molar-refractivity contribution >= 4 is 12.0 Å². The molecule has 5 nitrogen and oxygen atoms in total. The van der Waals surface area contributed by atoms with E-state index in [4.69, 9.17) is 4.74 Å². The van der Waals surface area contributed by atoms with Crippen LogP contribution in [0, 0.1) is 0 Å². The van der Waals surface area contributed by atoms with Gasteiger partial charge in [-0.1, -0.05) is 30.3 Å². The van der Waals surface area contributed by atoms with Crippen molar-refractivity contribution in [3.8, 4) is 0 Å². The normalized spacial score (nSPS) is 10.9. The minimum atomic E-state index is -0.500. The summed E-state index contributed by atoms with van der Waals surface area (Å²) in [5.74, 6) is 0.0176. The van der Waals surface area contributed by atoms with Crippen molar-refractivity contribution in [3.63, 3.8) is 0 Å². The maximum Gasteiger partial charge on any atom is 0.407 e. The fourth-order valence-corrected chi connectivity index (χ4v) is 2.01. The Labute approximate surface area is 138 Å². The van der Waals surface area contributed by atoms with Crippen LogP contribution >= 0.6 is 0 Å². The number of carbonyl (C=O) groups is 2. The van der Waals surface area contributed by atoms with E-state index < -0.39 is 11.7 Å². The molecule has 0 heterocycles. The highest BCUT2D eigenvalue weighted by molar-refractivity contribution is 5.75. The highest BCUT2D eigenvalue weighted by Gasteiger charge is 2.15. The van der Waals surface area contributed by atoms with Crippen molar-refractivity contribution in [1.82, 2.24) is 10.6 Å². The highest BCUT2D eigenvalue weighted by Crippen LogP contribution is 2.06. The Kier molecular flexibility index (Phi) is 8.16. The molecular weight excluding hydrogens is 292 g/mol. The molecule has 0 aliphatic rings. The fraction of sp³-hybridized carbons (Fsp3) is 0.556. The van der Waals surface area contributed by atoms with E-state index in [-0.39, 0.29) is 5.91 Å². The Morgan fingerprint density at radius 2 is 1.65 bits per heavy atom. The number of hydrogen-bond donors (Lipinski definition) is 2. The summed E-state index contributed by atoms with van der Waals surface area (Å²) in [4.78, 5) is 23.1. The Bertz CT molecular complexity index is 481. The average molecular weight is 320 g/mol. The molecule has 1 rings (SSSR count). The third-order valence-electron chi connectivity index (χ3n) is 3.06. The quantitative estimate of drug-likeness (QED) is 0.724. The van der Waals surface area contributed by atoms with Gasteiger partial charge in [0.05, 0.1) is 0 Å². The third-order valence-corrected chi connectivity index (χ3v) is 3.06. The van der Waals surface area contributed by atoms with Gasteiger partial charge in [-0.3, -0.25) is 4.79 Å². The summed E-state index contributed by atoms with van der Waals surface area (Å²) in [5.41, 5.74) is 0.781. The van der Waals surface area contributed by atoms with Gasteiger partial charge in [-0.05, 0) is 45.6 Å². The molecule has 1 aromatic rings. The molecule has 0 atom stereocenters. The molecule has 0 radical (unpaired) electrons. The zero-order valence-corrected chi connectivity index (χ0v) is 14.4. The minimum absolute atomic E-state index is 0.0176. The van der Waals surface area contributed by atoms with Crippen molar-refractivity contribution < 1.29 is 14.3 Å². The molecule has 5 heteroatoms.